The van der Waals surface area contributed by atoms with Crippen molar-refractivity contribution in [1.82, 2.24) is 0 Å². The molecular weight excluding hydrogens is 528 g/mol. The third kappa shape index (κ3) is 7.01. The van der Waals surface area contributed by atoms with Crippen LogP contribution in [-0.4, -0.2) is 27.5 Å². The lowest BCUT2D eigenvalue weighted by atomic mass is 10.2. The number of rotatable bonds is 9. The van der Waals surface area contributed by atoms with Gasteiger partial charge in [-0.2, -0.15) is 13.2 Å². The number of hydrogen-bond donors (Lipinski definition) is 2. The number of alkyl halides is 3. The smallest absolute Gasteiger partial charge is 0.419 e. The fraction of sp³-hybridized carbons (Fsp3) is 0.174. The first-order valence-corrected chi connectivity index (χ1v) is 12.1. The molecule has 192 valence electrons. The van der Waals surface area contributed by atoms with Gasteiger partial charge in [0.25, 0.3) is 15.9 Å². The van der Waals surface area contributed by atoms with Gasteiger partial charge in [-0.25, -0.2) is 12.8 Å². The van der Waals surface area contributed by atoms with Gasteiger partial charge in [-0.3, -0.25) is 9.52 Å². The van der Waals surface area contributed by atoms with Crippen LogP contribution >= 0.6 is 11.6 Å². The van der Waals surface area contributed by atoms with Crippen LogP contribution in [-0.2, 0) is 21.0 Å². The number of amides is 1. The van der Waals surface area contributed by atoms with E-state index in [0.717, 1.165) is 12.1 Å². The zero-order valence-electron chi connectivity index (χ0n) is 18.5. The first-order chi connectivity index (χ1) is 16.9. The average molecular weight is 547 g/mol. The maximum atomic E-state index is 13.4. The van der Waals surface area contributed by atoms with Gasteiger partial charge < -0.3 is 14.8 Å². The highest BCUT2D eigenvalue weighted by Gasteiger charge is 2.34. The Bertz CT molecular complexity index is 1350. The lowest BCUT2D eigenvalue weighted by Gasteiger charge is -2.13. The van der Waals surface area contributed by atoms with E-state index in [1.165, 1.54) is 24.3 Å². The van der Waals surface area contributed by atoms with Crippen molar-refractivity contribution in [3.05, 3.63) is 77.1 Å². The standard InChI is InChI=1S/C23H19ClF4N2O5S/c1-2-34-16-6-3-14(4-7-16)30-36(32,33)17-8-10-21(19(24)12-17)35-13-22(31)29-15-5-9-20(25)18(11-15)23(26,27)28/h3-12,30H,2,13H2,1H3,(H,29,31). The highest BCUT2D eigenvalue weighted by atomic mass is 35.5. The molecule has 0 spiro atoms. The Morgan fingerprint density at radius 2 is 1.64 bits per heavy atom. The molecule has 3 rings (SSSR count). The van der Waals surface area contributed by atoms with E-state index < -0.39 is 40.1 Å². The Balaban J connectivity index is 1.63. The van der Waals surface area contributed by atoms with E-state index in [0.29, 0.717) is 30.2 Å². The zero-order chi connectivity index (χ0) is 26.5. The number of hydrogen-bond acceptors (Lipinski definition) is 5. The normalized spacial score (nSPS) is 11.6. The Hall–Kier alpha value is -3.51. The summed E-state index contributed by atoms with van der Waals surface area (Å²) in [4.78, 5) is 11.9. The van der Waals surface area contributed by atoms with Crippen molar-refractivity contribution in [2.24, 2.45) is 0 Å². The van der Waals surface area contributed by atoms with E-state index in [1.54, 1.807) is 12.1 Å². The second-order valence-electron chi connectivity index (χ2n) is 7.18. The number of anilines is 2. The van der Waals surface area contributed by atoms with E-state index >= 15 is 0 Å². The summed E-state index contributed by atoms with van der Waals surface area (Å²) in [6, 6.07) is 11.8. The number of sulfonamides is 1. The number of carbonyl (C=O) groups is 1. The van der Waals surface area contributed by atoms with Crippen molar-refractivity contribution in [3.8, 4) is 11.5 Å². The summed E-state index contributed by atoms with van der Waals surface area (Å²) in [6.45, 7) is 1.62. The van der Waals surface area contributed by atoms with Gasteiger partial charge in [0.1, 0.15) is 17.3 Å². The number of halogens is 5. The Morgan fingerprint density at radius 1 is 0.972 bits per heavy atom. The first kappa shape index (κ1) is 27.1. The van der Waals surface area contributed by atoms with Gasteiger partial charge in [-0.15, -0.1) is 0 Å². The van der Waals surface area contributed by atoms with Crippen LogP contribution in [0.5, 0.6) is 11.5 Å². The van der Waals surface area contributed by atoms with Gasteiger partial charge in [0.05, 0.1) is 22.1 Å². The number of nitrogens with one attached hydrogen (secondary N) is 2. The topological polar surface area (TPSA) is 93.7 Å². The molecule has 1 amide bonds. The summed E-state index contributed by atoms with van der Waals surface area (Å²) in [7, 11) is -4.00. The van der Waals surface area contributed by atoms with Gasteiger partial charge >= 0.3 is 6.18 Å². The molecule has 13 heteroatoms. The molecule has 0 aliphatic rings. The molecule has 0 radical (unpaired) electrons. The van der Waals surface area contributed by atoms with Crippen LogP contribution in [0.2, 0.25) is 5.02 Å². The molecule has 0 aliphatic carbocycles. The van der Waals surface area contributed by atoms with Crippen molar-refractivity contribution in [1.29, 1.82) is 0 Å². The molecule has 0 fully saturated rings. The number of ether oxygens (including phenoxy) is 2. The summed E-state index contributed by atoms with van der Waals surface area (Å²) in [5, 5.41) is 2.03. The number of carbonyl (C=O) groups excluding carboxylic acids is 1. The molecule has 36 heavy (non-hydrogen) atoms. The molecule has 0 aromatic heterocycles. The fourth-order valence-corrected chi connectivity index (χ4v) is 4.31. The second kappa shape index (κ2) is 11.0. The molecule has 3 aromatic carbocycles. The number of benzene rings is 3. The Labute approximate surface area is 209 Å². The van der Waals surface area contributed by atoms with Crippen molar-refractivity contribution in [3.63, 3.8) is 0 Å². The summed E-state index contributed by atoms with van der Waals surface area (Å²) in [5.41, 5.74) is -1.52. The van der Waals surface area contributed by atoms with Gasteiger partial charge in [0.2, 0.25) is 0 Å². The predicted molar refractivity (Wildman–Crippen MR) is 125 cm³/mol. The molecule has 0 atom stereocenters. The van der Waals surface area contributed by atoms with Crippen LogP contribution in [0.1, 0.15) is 12.5 Å². The minimum Gasteiger partial charge on any atom is -0.494 e. The molecule has 0 saturated carbocycles. The van der Waals surface area contributed by atoms with Crippen molar-refractivity contribution >= 4 is 38.9 Å². The third-order valence-corrected chi connectivity index (χ3v) is 6.22. The largest absolute Gasteiger partial charge is 0.494 e. The quantitative estimate of drug-likeness (QED) is 0.335. The predicted octanol–water partition coefficient (Wildman–Crippen LogP) is 5.71. The van der Waals surface area contributed by atoms with Crippen molar-refractivity contribution in [2.45, 2.75) is 18.0 Å². The second-order valence-corrected chi connectivity index (χ2v) is 9.27. The van der Waals surface area contributed by atoms with E-state index in [2.05, 4.69) is 10.0 Å². The van der Waals surface area contributed by atoms with Crippen LogP contribution in [0.15, 0.2) is 65.6 Å². The minimum atomic E-state index is -4.93. The third-order valence-electron chi connectivity index (χ3n) is 4.55. The van der Waals surface area contributed by atoms with Crippen LogP contribution in [0.25, 0.3) is 0 Å². The minimum absolute atomic E-state index is 0.0399. The molecule has 2 N–H and O–H groups in total. The van der Waals surface area contributed by atoms with E-state index in [9.17, 15) is 30.8 Å². The average Bonchev–Trinajstić information content (AvgIpc) is 2.80. The van der Waals surface area contributed by atoms with E-state index in [-0.39, 0.29) is 21.4 Å². The lowest BCUT2D eigenvalue weighted by Crippen LogP contribution is -2.21. The Morgan fingerprint density at radius 3 is 2.25 bits per heavy atom. The maximum absolute atomic E-state index is 13.4. The monoisotopic (exact) mass is 546 g/mol. The van der Waals surface area contributed by atoms with Crippen molar-refractivity contribution in [2.75, 3.05) is 23.3 Å². The molecule has 7 nitrogen and oxygen atoms in total. The molecule has 0 unspecified atom stereocenters. The molecular formula is C23H19ClF4N2O5S. The molecule has 0 heterocycles. The summed E-state index contributed by atoms with van der Waals surface area (Å²) in [6.07, 6.45) is -4.93. The van der Waals surface area contributed by atoms with Gasteiger partial charge in [-0.05, 0) is 67.6 Å². The highest BCUT2D eigenvalue weighted by Crippen LogP contribution is 2.33. The summed E-state index contributed by atoms with van der Waals surface area (Å²) < 4.78 is 90.1. The molecule has 3 aromatic rings. The van der Waals surface area contributed by atoms with Crippen molar-refractivity contribution < 1.29 is 40.2 Å². The van der Waals surface area contributed by atoms with Gasteiger partial charge in [-0.1, -0.05) is 11.6 Å². The molecule has 0 saturated heterocycles. The first-order valence-electron chi connectivity index (χ1n) is 10.2. The fourth-order valence-electron chi connectivity index (χ4n) is 2.93. The highest BCUT2D eigenvalue weighted by molar-refractivity contribution is 7.92. The Kier molecular flexibility index (Phi) is 8.31. The molecule has 0 aliphatic heterocycles. The van der Waals surface area contributed by atoms with Crippen LogP contribution in [0.4, 0.5) is 28.9 Å². The maximum Gasteiger partial charge on any atom is 0.419 e. The van der Waals surface area contributed by atoms with Gasteiger partial charge in [0.15, 0.2) is 6.61 Å². The zero-order valence-corrected chi connectivity index (χ0v) is 20.1. The molecule has 0 bridgehead atoms. The SMILES string of the molecule is CCOc1ccc(NS(=O)(=O)c2ccc(OCC(=O)Nc3ccc(F)c(C(F)(F)F)c3)c(Cl)c2)cc1. The summed E-state index contributed by atoms with van der Waals surface area (Å²) in [5.74, 6) is -1.79. The lowest BCUT2D eigenvalue weighted by molar-refractivity contribution is -0.140. The van der Waals surface area contributed by atoms with Crippen LogP contribution in [0.3, 0.4) is 0 Å². The van der Waals surface area contributed by atoms with Crippen LogP contribution < -0.4 is 19.5 Å². The van der Waals surface area contributed by atoms with Crippen LogP contribution in [0, 0.1) is 5.82 Å². The van der Waals surface area contributed by atoms with E-state index in [4.69, 9.17) is 21.1 Å². The van der Waals surface area contributed by atoms with Gasteiger partial charge in [0, 0.05) is 11.4 Å². The van der Waals surface area contributed by atoms with E-state index in [1.807, 2.05) is 6.92 Å². The summed E-state index contributed by atoms with van der Waals surface area (Å²) >= 11 is 6.09.